The van der Waals surface area contributed by atoms with Gasteiger partial charge in [0.15, 0.2) is 5.75 Å². The highest BCUT2D eigenvalue weighted by Gasteiger charge is 2.20. The van der Waals surface area contributed by atoms with Crippen molar-refractivity contribution in [3.63, 3.8) is 0 Å². The quantitative estimate of drug-likeness (QED) is 0.852. The van der Waals surface area contributed by atoms with E-state index in [1.54, 1.807) is 13.3 Å². The van der Waals surface area contributed by atoms with E-state index in [0.717, 1.165) is 17.1 Å². The Kier molecular flexibility index (Phi) is 3.79. The molecule has 1 aromatic heterocycles. The van der Waals surface area contributed by atoms with Crippen LogP contribution in [0.15, 0.2) is 12.3 Å². The van der Waals surface area contributed by atoms with Crippen LogP contribution in [0.3, 0.4) is 0 Å². The van der Waals surface area contributed by atoms with Gasteiger partial charge in [0, 0.05) is 11.7 Å². The zero-order valence-electron chi connectivity index (χ0n) is 11.1. The summed E-state index contributed by atoms with van der Waals surface area (Å²) in [5.74, 6) is 0.793. The van der Waals surface area contributed by atoms with Crippen molar-refractivity contribution >= 4 is 5.69 Å². The average molecular weight is 222 g/mol. The Morgan fingerprint density at radius 1 is 1.38 bits per heavy atom. The molecule has 0 saturated heterocycles. The molecule has 1 unspecified atom stereocenters. The highest BCUT2D eigenvalue weighted by molar-refractivity contribution is 5.56. The fraction of sp³-hybridized carbons (Fsp3) is 0.615. The van der Waals surface area contributed by atoms with Gasteiger partial charge in [-0.25, -0.2) is 0 Å². The van der Waals surface area contributed by atoms with Crippen LogP contribution in [0.25, 0.3) is 0 Å². The Hall–Kier alpha value is -1.25. The van der Waals surface area contributed by atoms with Crippen molar-refractivity contribution in [1.82, 2.24) is 4.98 Å². The number of hydrogen-bond acceptors (Lipinski definition) is 3. The zero-order chi connectivity index (χ0) is 12.3. The Morgan fingerprint density at radius 2 is 2.00 bits per heavy atom. The molecule has 3 heteroatoms. The van der Waals surface area contributed by atoms with E-state index < -0.39 is 0 Å². The molecule has 0 aliphatic carbocycles. The highest BCUT2D eigenvalue weighted by Crippen LogP contribution is 2.28. The number of nitrogens with one attached hydrogen (secondary N) is 1. The summed E-state index contributed by atoms with van der Waals surface area (Å²) in [4.78, 5) is 4.22. The van der Waals surface area contributed by atoms with E-state index >= 15 is 0 Å². The molecule has 3 nitrogen and oxygen atoms in total. The third kappa shape index (κ3) is 3.12. The minimum absolute atomic E-state index is 0.211. The molecular weight excluding hydrogens is 200 g/mol. The molecule has 0 amide bonds. The second kappa shape index (κ2) is 4.73. The van der Waals surface area contributed by atoms with Gasteiger partial charge >= 0.3 is 0 Å². The molecule has 0 spiro atoms. The Morgan fingerprint density at radius 3 is 2.50 bits per heavy atom. The van der Waals surface area contributed by atoms with E-state index in [2.05, 4.69) is 38.0 Å². The molecule has 16 heavy (non-hydrogen) atoms. The molecule has 0 aliphatic heterocycles. The van der Waals surface area contributed by atoms with Crippen molar-refractivity contribution in [1.29, 1.82) is 0 Å². The summed E-state index contributed by atoms with van der Waals surface area (Å²) in [5.41, 5.74) is 2.21. The van der Waals surface area contributed by atoms with Crippen LogP contribution < -0.4 is 10.1 Å². The Balaban J connectivity index is 2.91. The van der Waals surface area contributed by atoms with Crippen LogP contribution in [0.2, 0.25) is 0 Å². The topological polar surface area (TPSA) is 34.1 Å². The summed E-state index contributed by atoms with van der Waals surface area (Å²) in [6.07, 6.45) is 1.76. The number of hydrogen-bond donors (Lipinski definition) is 1. The normalized spacial score (nSPS) is 13.4. The van der Waals surface area contributed by atoms with Crippen molar-refractivity contribution in [2.75, 3.05) is 12.4 Å². The van der Waals surface area contributed by atoms with Crippen molar-refractivity contribution < 1.29 is 4.74 Å². The van der Waals surface area contributed by atoms with Crippen LogP contribution in [0.5, 0.6) is 5.75 Å². The number of pyridine rings is 1. The maximum absolute atomic E-state index is 5.29. The van der Waals surface area contributed by atoms with Gasteiger partial charge in [-0.15, -0.1) is 0 Å². The molecule has 0 aliphatic rings. The van der Waals surface area contributed by atoms with Gasteiger partial charge in [-0.2, -0.15) is 0 Å². The van der Waals surface area contributed by atoms with Crippen LogP contribution in [0, 0.1) is 12.3 Å². The van der Waals surface area contributed by atoms with E-state index in [-0.39, 0.29) is 5.41 Å². The molecule has 1 aromatic rings. The standard InChI is InChI=1S/C13H22N2O/c1-9-7-11(12(16-6)8-14-9)15-10(2)13(3,4)5/h7-8,10H,1-6H3,(H,14,15). The predicted molar refractivity (Wildman–Crippen MR) is 68.1 cm³/mol. The second-order valence-corrected chi connectivity index (χ2v) is 5.26. The van der Waals surface area contributed by atoms with Gasteiger partial charge in [-0.3, -0.25) is 4.98 Å². The number of rotatable bonds is 3. The van der Waals surface area contributed by atoms with Crippen molar-refractivity contribution in [2.45, 2.75) is 40.7 Å². The van der Waals surface area contributed by atoms with E-state index in [0.29, 0.717) is 6.04 Å². The average Bonchev–Trinajstić information content (AvgIpc) is 2.16. The van der Waals surface area contributed by atoms with E-state index in [4.69, 9.17) is 4.74 Å². The number of anilines is 1. The van der Waals surface area contributed by atoms with Crippen molar-refractivity contribution in [3.8, 4) is 5.75 Å². The maximum Gasteiger partial charge on any atom is 0.160 e. The molecule has 90 valence electrons. The number of aromatic nitrogens is 1. The lowest BCUT2D eigenvalue weighted by Crippen LogP contribution is -2.31. The molecule has 1 N–H and O–H groups in total. The first kappa shape index (κ1) is 12.8. The summed E-state index contributed by atoms with van der Waals surface area (Å²) in [7, 11) is 1.67. The maximum atomic E-state index is 5.29. The van der Waals surface area contributed by atoms with Crippen molar-refractivity contribution in [2.24, 2.45) is 5.41 Å². The summed E-state index contributed by atoms with van der Waals surface area (Å²) in [5, 5.41) is 3.48. The second-order valence-electron chi connectivity index (χ2n) is 5.26. The Bertz CT molecular complexity index is 355. The van der Waals surface area contributed by atoms with E-state index in [1.807, 2.05) is 13.0 Å². The van der Waals surface area contributed by atoms with Gasteiger partial charge in [0.25, 0.3) is 0 Å². The third-order valence-electron chi connectivity index (χ3n) is 2.90. The van der Waals surface area contributed by atoms with Crippen LogP contribution >= 0.6 is 0 Å². The molecule has 1 atom stereocenters. The van der Waals surface area contributed by atoms with Gasteiger partial charge in [-0.05, 0) is 25.3 Å². The first-order valence-electron chi connectivity index (χ1n) is 5.61. The fourth-order valence-electron chi connectivity index (χ4n) is 1.27. The van der Waals surface area contributed by atoms with Gasteiger partial charge in [0.2, 0.25) is 0 Å². The molecule has 1 rings (SSSR count). The summed E-state index contributed by atoms with van der Waals surface area (Å²) in [6, 6.07) is 2.38. The van der Waals surface area contributed by atoms with Gasteiger partial charge < -0.3 is 10.1 Å². The monoisotopic (exact) mass is 222 g/mol. The number of aryl methyl sites for hydroxylation is 1. The molecular formula is C13H22N2O. The fourth-order valence-corrected chi connectivity index (χ4v) is 1.27. The predicted octanol–water partition coefficient (Wildman–Crippen LogP) is 3.25. The van der Waals surface area contributed by atoms with Gasteiger partial charge in [0.1, 0.15) is 0 Å². The minimum atomic E-state index is 0.211. The first-order valence-corrected chi connectivity index (χ1v) is 5.61. The number of nitrogens with zero attached hydrogens (tertiary/aromatic N) is 1. The van der Waals surface area contributed by atoms with Crippen molar-refractivity contribution in [3.05, 3.63) is 18.0 Å². The smallest absolute Gasteiger partial charge is 0.160 e. The highest BCUT2D eigenvalue weighted by atomic mass is 16.5. The number of methoxy groups -OCH3 is 1. The van der Waals surface area contributed by atoms with Gasteiger partial charge in [-0.1, -0.05) is 20.8 Å². The summed E-state index contributed by atoms with van der Waals surface area (Å²) in [6.45, 7) is 10.8. The van der Waals surface area contributed by atoms with Crippen LogP contribution in [-0.2, 0) is 0 Å². The lowest BCUT2D eigenvalue weighted by atomic mass is 9.88. The number of ether oxygens (including phenoxy) is 1. The zero-order valence-corrected chi connectivity index (χ0v) is 11.1. The van der Waals surface area contributed by atoms with E-state index in [1.165, 1.54) is 0 Å². The molecule has 0 aromatic carbocycles. The lowest BCUT2D eigenvalue weighted by molar-refractivity contribution is 0.356. The third-order valence-corrected chi connectivity index (χ3v) is 2.90. The molecule has 0 radical (unpaired) electrons. The van der Waals surface area contributed by atoms with Crippen LogP contribution in [0.4, 0.5) is 5.69 Å². The largest absolute Gasteiger partial charge is 0.493 e. The SMILES string of the molecule is COc1cnc(C)cc1NC(C)C(C)(C)C. The molecule has 0 bridgehead atoms. The first-order chi connectivity index (χ1) is 7.34. The van der Waals surface area contributed by atoms with E-state index in [9.17, 15) is 0 Å². The summed E-state index contributed by atoms with van der Waals surface area (Å²) >= 11 is 0. The Labute approximate surface area is 98.2 Å². The molecule has 1 heterocycles. The minimum Gasteiger partial charge on any atom is -0.493 e. The summed E-state index contributed by atoms with van der Waals surface area (Å²) < 4.78 is 5.29. The van der Waals surface area contributed by atoms with Crippen LogP contribution in [0.1, 0.15) is 33.4 Å². The molecule has 0 saturated carbocycles. The van der Waals surface area contributed by atoms with Crippen LogP contribution in [-0.4, -0.2) is 18.1 Å². The lowest BCUT2D eigenvalue weighted by Gasteiger charge is -2.29. The molecule has 0 fully saturated rings. The van der Waals surface area contributed by atoms with Gasteiger partial charge in [0.05, 0.1) is 19.0 Å².